The second-order valence-electron chi connectivity index (χ2n) is 4.77. The van der Waals surface area contributed by atoms with Crippen molar-refractivity contribution in [2.24, 2.45) is 0 Å². The van der Waals surface area contributed by atoms with E-state index in [0.717, 1.165) is 25.7 Å². The summed E-state index contributed by atoms with van der Waals surface area (Å²) in [4.78, 5) is 12.2. The van der Waals surface area contributed by atoms with Crippen LogP contribution in [0.1, 0.15) is 36.0 Å². The fourth-order valence-corrected chi connectivity index (χ4v) is 2.74. The summed E-state index contributed by atoms with van der Waals surface area (Å²) in [5, 5.41) is 3.79. The molecule has 0 bridgehead atoms. The van der Waals surface area contributed by atoms with Gasteiger partial charge in [-0.25, -0.2) is 0 Å². The van der Waals surface area contributed by atoms with Gasteiger partial charge in [-0.15, -0.1) is 11.6 Å². The van der Waals surface area contributed by atoms with Crippen LogP contribution in [0.15, 0.2) is 18.2 Å². The summed E-state index contributed by atoms with van der Waals surface area (Å²) in [7, 11) is 1.54. The molecular formula is C14H17Cl2NO2. The molecule has 3 nitrogen and oxygen atoms in total. The molecule has 1 saturated carbocycles. The number of hydrogen-bond acceptors (Lipinski definition) is 2. The van der Waals surface area contributed by atoms with Crippen molar-refractivity contribution in [1.82, 2.24) is 5.32 Å². The monoisotopic (exact) mass is 301 g/mol. The smallest absolute Gasteiger partial charge is 0.255 e. The van der Waals surface area contributed by atoms with Gasteiger partial charge in [0.2, 0.25) is 0 Å². The molecule has 0 aliphatic heterocycles. The maximum absolute atomic E-state index is 12.2. The highest BCUT2D eigenvalue weighted by molar-refractivity contribution is 6.31. The highest BCUT2D eigenvalue weighted by Gasteiger charge is 2.22. The third-order valence-corrected chi connectivity index (χ3v) is 4.07. The van der Waals surface area contributed by atoms with E-state index < -0.39 is 0 Å². The summed E-state index contributed by atoms with van der Waals surface area (Å²) in [6.45, 7) is 0. The summed E-state index contributed by atoms with van der Waals surface area (Å²) in [6, 6.07) is 5.22. The van der Waals surface area contributed by atoms with Crippen LogP contribution in [0.25, 0.3) is 0 Å². The highest BCUT2D eigenvalue weighted by Crippen LogP contribution is 2.25. The van der Waals surface area contributed by atoms with Crippen LogP contribution in [-0.2, 0) is 0 Å². The van der Waals surface area contributed by atoms with E-state index in [0.29, 0.717) is 16.3 Å². The number of amides is 1. The Labute approximate surface area is 123 Å². The molecular weight excluding hydrogens is 285 g/mol. The number of alkyl halides is 1. The molecule has 1 aromatic rings. The Kier molecular flexibility index (Phi) is 4.94. The second-order valence-corrected chi connectivity index (χ2v) is 5.82. The van der Waals surface area contributed by atoms with E-state index in [2.05, 4.69) is 5.32 Å². The first-order valence-electron chi connectivity index (χ1n) is 6.38. The minimum atomic E-state index is -0.141. The quantitative estimate of drug-likeness (QED) is 0.866. The van der Waals surface area contributed by atoms with Gasteiger partial charge in [0, 0.05) is 16.4 Å². The molecule has 0 unspecified atom stereocenters. The maximum Gasteiger partial charge on any atom is 0.255 e. The highest BCUT2D eigenvalue weighted by atomic mass is 35.5. The first kappa shape index (κ1) is 14.5. The summed E-state index contributed by atoms with van der Waals surface area (Å²) in [5.74, 6) is 0.394. The standard InChI is InChI=1S/C14H17Cl2NO2/c1-19-13-7-4-10(16)8-12(13)14(18)17-11-5-2-9(15)3-6-11/h4,7-9,11H,2-3,5-6H2,1H3,(H,17,18). The molecule has 0 radical (unpaired) electrons. The summed E-state index contributed by atoms with van der Waals surface area (Å²) in [5.41, 5.74) is 0.475. The third-order valence-electron chi connectivity index (χ3n) is 3.40. The van der Waals surface area contributed by atoms with E-state index in [-0.39, 0.29) is 17.3 Å². The Bertz CT molecular complexity index is 457. The van der Waals surface area contributed by atoms with Gasteiger partial charge in [0.15, 0.2) is 0 Å². The van der Waals surface area contributed by atoms with E-state index in [9.17, 15) is 4.79 Å². The molecule has 1 aromatic carbocycles. The predicted octanol–water partition coefficient (Wildman–Crippen LogP) is 3.63. The number of carbonyl (C=O) groups excluding carboxylic acids is 1. The fraction of sp³-hybridized carbons (Fsp3) is 0.500. The molecule has 1 N–H and O–H groups in total. The number of halogens is 2. The van der Waals surface area contributed by atoms with Crippen LogP contribution in [0.3, 0.4) is 0 Å². The number of benzene rings is 1. The summed E-state index contributed by atoms with van der Waals surface area (Å²) < 4.78 is 5.19. The Morgan fingerprint density at radius 2 is 2.00 bits per heavy atom. The van der Waals surface area contributed by atoms with Crippen molar-refractivity contribution in [3.63, 3.8) is 0 Å². The van der Waals surface area contributed by atoms with Crippen LogP contribution in [0.2, 0.25) is 5.02 Å². The molecule has 2 rings (SSSR count). The summed E-state index contributed by atoms with van der Waals surface area (Å²) >= 11 is 12.0. The fourth-order valence-electron chi connectivity index (χ4n) is 2.32. The van der Waals surface area contributed by atoms with E-state index in [1.54, 1.807) is 25.3 Å². The Hall–Kier alpha value is -0.930. The van der Waals surface area contributed by atoms with E-state index in [1.165, 1.54) is 0 Å². The van der Waals surface area contributed by atoms with Crippen LogP contribution in [-0.4, -0.2) is 24.4 Å². The van der Waals surface area contributed by atoms with Crippen LogP contribution < -0.4 is 10.1 Å². The Balaban J connectivity index is 2.05. The van der Waals surface area contributed by atoms with Crippen LogP contribution >= 0.6 is 23.2 Å². The molecule has 1 aliphatic carbocycles. The van der Waals surface area contributed by atoms with Crippen molar-refractivity contribution in [3.05, 3.63) is 28.8 Å². The topological polar surface area (TPSA) is 38.3 Å². The van der Waals surface area contributed by atoms with Crippen LogP contribution in [0.5, 0.6) is 5.75 Å². The lowest BCUT2D eigenvalue weighted by molar-refractivity contribution is 0.0925. The van der Waals surface area contributed by atoms with Gasteiger partial charge in [0.1, 0.15) is 5.75 Å². The van der Waals surface area contributed by atoms with Crippen molar-refractivity contribution in [3.8, 4) is 5.75 Å². The average molecular weight is 302 g/mol. The lowest BCUT2D eigenvalue weighted by Crippen LogP contribution is -2.38. The zero-order chi connectivity index (χ0) is 13.8. The number of ether oxygens (including phenoxy) is 1. The Morgan fingerprint density at radius 1 is 1.32 bits per heavy atom. The van der Waals surface area contributed by atoms with Gasteiger partial charge in [-0.2, -0.15) is 0 Å². The first-order valence-corrected chi connectivity index (χ1v) is 7.20. The second kappa shape index (κ2) is 6.49. The molecule has 0 atom stereocenters. The lowest BCUT2D eigenvalue weighted by Gasteiger charge is -2.26. The number of nitrogens with one attached hydrogen (secondary N) is 1. The van der Waals surface area contributed by atoms with Gasteiger partial charge in [0.05, 0.1) is 12.7 Å². The van der Waals surface area contributed by atoms with Crippen molar-refractivity contribution in [1.29, 1.82) is 0 Å². The van der Waals surface area contributed by atoms with E-state index >= 15 is 0 Å². The van der Waals surface area contributed by atoms with E-state index in [1.807, 2.05) is 0 Å². The van der Waals surface area contributed by atoms with Crippen LogP contribution in [0.4, 0.5) is 0 Å². The van der Waals surface area contributed by atoms with Crippen molar-refractivity contribution in [2.75, 3.05) is 7.11 Å². The normalized spacial score (nSPS) is 22.9. The minimum Gasteiger partial charge on any atom is -0.496 e. The number of methoxy groups -OCH3 is 1. The van der Waals surface area contributed by atoms with Gasteiger partial charge in [-0.1, -0.05) is 11.6 Å². The molecule has 19 heavy (non-hydrogen) atoms. The zero-order valence-corrected chi connectivity index (χ0v) is 12.3. The van der Waals surface area contributed by atoms with Crippen molar-refractivity contribution >= 4 is 29.1 Å². The molecule has 1 amide bonds. The van der Waals surface area contributed by atoms with Crippen molar-refractivity contribution in [2.45, 2.75) is 37.1 Å². The van der Waals surface area contributed by atoms with Crippen molar-refractivity contribution < 1.29 is 9.53 Å². The minimum absolute atomic E-state index is 0.141. The average Bonchev–Trinajstić information content (AvgIpc) is 2.41. The molecule has 0 heterocycles. The van der Waals surface area contributed by atoms with Gasteiger partial charge >= 0.3 is 0 Å². The predicted molar refractivity (Wildman–Crippen MR) is 77.4 cm³/mol. The molecule has 1 fully saturated rings. The van der Waals surface area contributed by atoms with Gasteiger partial charge < -0.3 is 10.1 Å². The molecule has 1 aliphatic rings. The number of rotatable bonds is 3. The lowest BCUT2D eigenvalue weighted by atomic mass is 9.95. The van der Waals surface area contributed by atoms with Gasteiger partial charge in [0.25, 0.3) is 5.91 Å². The zero-order valence-electron chi connectivity index (χ0n) is 10.8. The SMILES string of the molecule is COc1ccc(Cl)cc1C(=O)NC1CCC(Cl)CC1. The maximum atomic E-state index is 12.2. The molecule has 0 spiro atoms. The van der Waals surface area contributed by atoms with Gasteiger partial charge in [-0.05, 0) is 43.9 Å². The first-order chi connectivity index (χ1) is 9.10. The largest absolute Gasteiger partial charge is 0.496 e. The number of hydrogen-bond donors (Lipinski definition) is 1. The molecule has 0 saturated heterocycles. The molecule has 104 valence electrons. The van der Waals surface area contributed by atoms with E-state index in [4.69, 9.17) is 27.9 Å². The van der Waals surface area contributed by atoms with Crippen LogP contribution in [0, 0.1) is 0 Å². The molecule has 0 aromatic heterocycles. The third kappa shape index (κ3) is 3.77. The summed E-state index contributed by atoms with van der Waals surface area (Å²) in [6.07, 6.45) is 3.73. The number of carbonyl (C=O) groups is 1. The Morgan fingerprint density at radius 3 is 2.63 bits per heavy atom. The van der Waals surface area contributed by atoms with Gasteiger partial charge in [-0.3, -0.25) is 4.79 Å². The molecule has 5 heteroatoms.